The molecule has 0 aliphatic heterocycles. The van der Waals surface area contributed by atoms with Crippen LogP contribution in [0.4, 0.5) is 11.4 Å². The summed E-state index contributed by atoms with van der Waals surface area (Å²) in [4.78, 5) is 10.6. The van der Waals surface area contributed by atoms with Crippen LogP contribution >= 0.6 is 0 Å². The quantitative estimate of drug-likeness (QED) is 0.249. The van der Waals surface area contributed by atoms with Gasteiger partial charge in [0.2, 0.25) is 0 Å². The molecule has 6 heteroatoms. The highest BCUT2D eigenvalue weighted by Gasteiger charge is 2.10. The van der Waals surface area contributed by atoms with Gasteiger partial charge in [-0.3, -0.25) is 10.1 Å². The molecule has 0 amide bonds. The second-order valence-corrected chi connectivity index (χ2v) is 7.30. The third kappa shape index (κ3) is 4.98. The third-order valence-electron chi connectivity index (χ3n) is 5.12. The SMILES string of the molecule is CCOc1cc(CNc2cccc([N+](=O)[O-])c2)ccc1OCc1cccc2ccccc12. The molecule has 0 bridgehead atoms. The van der Waals surface area contributed by atoms with Crippen molar-refractivity contribution in [3.8, 4) is 11.5 Å². The van der Waals surface area contributed by atoms with E-state index in [0.29, 0.717) is 36.9 Å². The summed E-state index contributed by atoms with van der Waals surface area (Å²) in [6.07, 6.45) is 0. The van der Waals surface area contributed by atoms with Crippen molar-refractivity contribution in [2.45, 2.75) is 20.1 Å². The van der Waals surface area contributed by atoms with Gasteiger partial charge >= 0.3 is 0 Å². The van der Waals surface area contributed by atoms with Crippen LogP contribution < -0.4 is 14.8 Å². The van der Waals surface area contributed by atoms with Crippen molar-refractivity contribution in [3.63, 3.8) is 0 Å². The number of hydrogen-bond donors (Lipinski definition) is 1. The maximum atomic E-state index is 11.0. The Balaban J connectivity index is 1.48. The summed E-state index contributed by atoms with van der Waals surface area (Å²) in [6, 6.07) is 26.7. The van der Waals surface area contributed by atoms with E-state index in [2.05, 4.69) is 29.6 Å². The normalized spacial score (nSPS) is 10.7. The second kappa shape index (κ2) is 9.83. The zero-order chi connectivity index (χ0) is 22.3. The molecular weight excluding hydrogens is 404 g/mol. The number of benzene rings is 4. The molecule has 162 valence electrons. The number of fused-ring (bicyclic) bond motifs is 1. The maximum absolute atomic E-state index is 11.0. The molecular formula is C26H24N2O4. The Kier molecular flexibility index (Phi) is 6.51. The van der Waals surface area contributed by atoms with E-state index in [0.717, 1.165) is 11.1 Å². The second-order valence-electron chi connectivity index (χ2n) is 7.30. The van der Waals surface area contributed by atoms with Gasteiger partial charge in [0.25, 0.3) is 5.69 Å². The van der Waals surface area contributed by atoms with Gasteiger partial charge in [-0.15, -0.1) is 0 Å². The molecule has 0 spiro atoms. The largest absolute Gasteiger partial charge is 0.490 e. The van der Waals surface area contributed by atoms with Crippen LogP contribution in [0.3, 0.4) is 0 Å². The van der Waals surface area contributed by atoms with E-state index < -0.39 is 4.92 Å². The number of hydrogen-bond acceptors (Lipinski definition) is 5. The first kappa shape index (κ1) is 21.2. The number of nitro groups is 1. The summed E-state index contributed by atoms with van der Waals surface area (Å²) >= 11 is 0. The van der Waals surface area contributed by atoms with Crippen LogP contribution in [0, 0.1) is 10.1 Å². The van der Waals surface area contributed by atoms with Crippen molar-refractivity contribution in [1.82, 2.24) is 0 Å². The Morgan fingerprint density at radius 1 is 0.875 bits per heavy atom. The van der Waals surface area contributed by atoms with Gasteiger partial charge in [-0.25, -0.2) is 0 Å². The minimum Gasteiger partial charge on any atom is -0.490 e. The van der Waals surface area contributed by atoms with E-state index >= 15 is 0 Å². The molecule has 4 aromatic carbocycles. The Morgan fingerprint density at radius 2 is 1.69 bits per heavy atom. The Morgan fingerprint density at radius 3 is 2.53 bits per heavy atom. The number of anilines is 1. The van der Waals surface area contributed by atoms with Gasteiger partial charge in [0.1, 0.15) is 6.61 Å². The van der Waals surface area contributed by atoms with Crippen LogP contribution in [0.15, 0.2) is 84.9 Å². The summed E-state index contributed by atoms with van der Waals surface area (Å²) in [5.41, 5.74) is 2.84. The van der Waals surface area contributed by atoms with Crippen LogP contribution in [0.25, 0.3) is 10.8 Å². The molecule has 0 fully saturated rings. The molecule has 0 aliphatic rings. The zero-order valence-electron chi connectivity index (χ0n) is 17.8. The lowest BCUT2D eigenvalue weighted by Gasteiger charge is -2.15. The number of rotatable bonds is 9. The predicted molar refractivity (Wildman–Crippen MR) is 126 cm³/mol. The van der Waals surface area contributed by atoms with Crippen LogP contribution in [-0.4, -0.2) is 11.5 Å². The molecule has 4 rings (SSSR count). The first-order valence-corrected chi connectivity index (χ1v) is 10.5. The highest BCUT2D eigenvalue weighted by atomic mass is 16.6. The monoisotopic (exact) mass is 428 g/mol. The summed E-state index contributed by atoms with van der Waals surface area (Å²) in [5.74, 6) is 1.35. The summed E-state index contributed by atoms with van der Waals surface area (Å²) in [6.45, 7) is 3.40. The molecule has 1 N–H and O–H groups in total. The molecule has 0 aliphatic carbocycles. The number of non-ortho nitro benzene ring substituents is 1. The number of nitrogens with one attached hydrogen (secondary N) is 1. The molecule has 0 aromatic heterocycles. The van der Waals surface area contributed by atoms with Crippen LogP contribution in [0.5, 0.6) is 11.5 Å². The van der Waals surface area contributed by atoms with Gasteiger partial charge < -0.3 is 14.8 Å². The Hall–Kier alpha value is -4.06. The fraction of sp³-hybridized carbons (Fsp3) is 0.154. The van der Waals surface area contributed by atoms with Crippen molar-refractivity contribution >= 4 is 22.1 Å². The van der Waals surface area contributed by atoms with E-state index in [9.17, 15) is 10.1 Å². The summed E-state index contributed by atoms with van der Waals surface area (Å²) in [7, 11) is 0. The van der Waals surface area contributed by atoms with Gasteiger partial charge in [-0.05, 0) is 47.0 Å². The number of nitro benzene ring substituents is 1. The summed E-state index contributed by atoms with van der Waals surface area (Å²) in [5, 5.41) is 16.5. The van der Waals surface area contributed by atoms with Crippen molar-refractivity contribution in [2.24, 2.45) is 0 Å². The number of ether oxygens (including phenoxy) is 2. The van der Waals surface area contributed by atoms with Crippen LogP contribution in [0.1, 0.15) is 18.1 Å². The van der Waals surface area contributed by atoms with Crippen molar-refractivity contribution in [1.29, 1.82) is 0 Å². The van der Waals surface area contributed by atoms with Gasteiger partial charge in [0.05, 0.1) is 11.5 Å². The van der Waals surface area contributed by atoms with Gasteiger partial charge in [0.15, 0.2) is 11.5 Å². The highest BCUT2D eigenvalue weighted by Crippen LogP contribution is 2.30. The lowest BCUT2D eigenvalue weighted by atomic mass is 10.1. The molecule has 4 aromatic rings. The van der Waals surface area contributed by atoms with Gasteiger partial charge in [-0.2, -0.15) is 0 Å². The lowest BCUT2D eigenvalue weighted by molar-refractivity contribution is -0.384. The first-order chi connectivity index (χ1) is 15.6. The zero-order valence-corrected chi connectivity index (χ0v) is 17.8. The first-order valence-electron chi connectivity index (χ1n) is 10.5. The van der Waals surface area contributed by atoms with Gasteiger partial charge in [-0.1, -0.05) is 54.6 Å². The minimum absolute atomic E-state index is 0.0576. The lowest BCUT2D eigenvalue weighted by Crippen LogP contribution is -2.03. The van der Waals surface area contributed by atoms with Crippen molar-refractivity contribution in [2.75, 3.05) is 11.9 Å². The number of nitrogens with zero attached hydrogens (tertiary/aromatic N) is 1. The molecule has 0 saturated heterocycles. The smallest absolute Gasteiger partial charge is 0.271 e. The van der Waals surface area contributed by atoms with Crippen LogP contribution in [-0.2, 0) is 13.2 Å². The highest BCUT2D eigenvalue weighted by molar-refractivity contribution is 5.85. The molecule has 0 heterocycles. The fourth-order valence-corrected chi connectivity index (χ4v) is 3.56. The maximum Gasteiger partial charge on any atom is 0.271 e. The molecule has 6 nitrogen and oxygen atoms in total. The van der Waals surface area contributed by atoms with E-state index in [1.54, 1.807) is 12.1 Å². The van der Waals surface area contributed by atoms with Gasteiger partial charge in [0, 0.05) is 24.4 Å². The molecule has 32 heavy (non-hydrogen) atoms. The van der Waals surface area contributed by atoms with E-state index in [4.69, 9.17) is 9.47 Å². The van der Waals surface area contributed by atoms with E-state index in [1.165, 1.54) is 22.9 Å². The molecule has 0 radical (unpaired) electrons. The van der Waals surface area contributed by atoms with Crippen molar-refractivity contribution in [3.05, 3.63) is 106 Å². The molecule has 0 saturated carbocycles. The average Bonchev–Trinajstić information content (AvgIpc) is 2.82. The third-order valence-corrected chi connectivity index (χ3v) is 5.12. The van der Waals surface area contributed by atoms with E-state index in [-0.39, 0.29) is 5.69 Å². The molecule has 0 unspecified atom stereocenters. The molecule has 0 atom stereocenters. The average molecular weight is 428 g/mol. The Labute approximate surface area is 186 Å². The topological polar surface area (TPSA) is 73.6 Å². The standard InChI is InChI=1S/C26H24N2O4/c1-2-31-26-15-19(17-27-22-10-6-11-23(16-22)28(29)30)13-14-25(26)32-18-21-9-5-8-20-7-3-4-12-24(20)21/h3-16,27H,2,17-18H2,1H3. The Bertz CT molecular complexity index is 1230. The minimum atomic E-state index is -0.402. The predicted octanol–water partition coefficient (Wildman–Crippen LogP) is 6.34. The van der Waals surface area contributed by atoms with E-state index in [1.807, 2.05) is 43.3 Å². The summed E-state index contributed by atoms with van der Waals surface area (Å²) < 4.78 is 11.9. The van der Waals surface area contributed by atoms with Crippen LogP contribution in [0.2, 0.25) is 0 Å². The fourth-order valence-electron chi connectivity index (χ4n) is 3.56. The van der Waals surface area contributed by atoms with Crippen molar-refractivity contribution < 1.29 is 14.4 Å².